The summed E-state index contributed by atoms with van der Waals surface area (Å²) in [5.41, 5.74) is 8.19. The molecular formula is C24H25FN2O4S. The number of nitrogens with one attached hydrogen (secondary N) is 1. The van der Waals surface area contributed by atoms with Crippen molar-refractivity contribution < 1.29 is 23.3 Å². The quantitative estimate of drug-likeness (QED) is 0.242. The zero-order valence-corrected chi connectivity index (χ0v) is 19.1. The van der Waals surface area contributed by atoms with E-state index in [0.717, 1.165) is 10.5 Å². The maximum atomic E-state index is 15.1. The molecule has 0 bridgehead atoms. The number of hydrogen-bond acceptors (Lipinski definition) is 7. The Morgan fingerprint density at radius 3 is 2.12 bits per heavy atom. The SMILES string of the molecule is COc1ccc(/C=C\c2cc(OC)c(OC)c(OC)c2)c(NSc2cccc(N)c2)c1F. The first-order valence-corrected chi connectivity index (χ1v) is 10.4. The van der Waals surface area contributed by atoms with Crippen molar-refractivity contribution in [2.24, 2.45) is 0 Å². The maximum Gasteiger partial charge on any atom is 0.203 e. The van der Waals surface area contributed by atoms with Crippen LogP contribution in [0.15, 0.2) is 53.4 Å². The molecule has 0 aliphatic rings. The van der Waals surface area contributed by atoms with E-state index >= 15 is 4.39 Å². The van der Waals surface area contributed by atoms with E-state index in [1.807, 2.05) is 30.3 Å². The molecule has 8 heteroatoms. The largest absolute Gasteiger partial charge is 0.494 e. The topological polar surface area (TPSA) is 75.0 Å². The predicted octanol–water partition coefficient (Wildman–Crippen LogP) is 5.73. The van der Waals surface area contributed by atoms with Gasteiger partial charge in [-0.3, -0.25) is 0 Å². The molecule has 3 aromatic rings. The van der Waals surface area contributed by atoms with Gasteiger partial charge in [0.15, 0.2) is 23.1 Å². The summed E-state index contributed by atoms with van der Waals surface area (Å²) in [5.74, 6) is 1.22. The van der Waals surface area contributed by atoms with Crippen molar-refractivity contribution in [2.75, 3.05) is 38.9 Å². The molecule has 0 aliphatic carbocycles. The van der Waals surface area contributed by atoms with Crippen molar-refractivity contribution in [3.63, 3.8) is 0 Å². The van der Waals surface area contributed by atoms with Gasteiger partial charge in [0.2, 0.25) is 5.75 Å². The molecule has 0 aromatic heterocycles. The van der Waals surface area contributed by atoms with Gasteiger partial charge in [0.05, 0.1) is 34.1 Å². The molecule has 6 nitrogen and oxygen atoms in total. The average Bonchev–Trinajstić information content (AvgIpc) is 2.81. The molecule has 0 aliphatic heterocycles. The third kappa shape index (κ3) is 5.20. The lowest BCUT2D eigenvalue weighted by Gasteiger charge is -2.14. The minimum Gasteiger partial charge on any atom is -0.494 e. The van der Waals surface area contributed by atoms with Gasteiger partial charge in [-0.25, -0.2) is 4.39 Å². The third-order valence-electron chi connectivity index (χ3n) is 4.63. The monoisotopic (exact) mass is 456 g/mol. The van der Waals surface area contributed by atoms with Gasteiger partial charge in [0.1, 0.15) is 0 Å². The molecule has 0 radical (unpaired) electrons. The van der Waals surface area contributed by atoms with E-state index in [1.165, 1.54) is 19.1 Å². The van der Waals surface area contributed by atoms with Crippen LogP contribution in [0.5, 0.6) is 23.0 Å². The average molecular weight is 457 g/mol. The minimum atomic E-state index is -0.490. The van der Waals surface area contributed by atoms with Crippen LogP contribution >= 0.6 is 11.9 Å². The molecule has 32 heavy (non-hydrogen) atoms. The Labute approximate surface area is 191 Å². The van der Waals surface area contributed by atoms with Gasteiger partial charge < -0.3 is 29.4 Å². The lowest BCUT2D eigenvalue weighted by atomic mass is 10.1. The summed E-state index contributed by atoms with van der Waals surface area (Å²) in [7, 11) is 6.09. The van der Waals surface area contributed by atoms with E-state index < -0.39 is 5.82 Å². The van der Waals surface area contributed by atoms with Gasteiger partial charge in [0, 0.05) is 16.1 Å². The highest BCUT2D eigenvalue weighted by Gasteiger charge is 2.15. The molecule has 3 N–H and O–H groups in total. The Hall–Kier alpha value is -3.52. The number of rotatable bonds is 9. The van der Waals surface area contributed by atoms with Gasteiger partial charge >= 0.3 is 0 Å². The van der Waals surface area contributed by atoms with Crippen LogP contribution in [-0.2, 0) is 0 Å². The number of nitrogens with two attached hydrogens (primary N) is 1. The van der Waals surface area contributed by atoms with Crippen LogP contribution in [0.2, 0.25) is 0 Å². The van der Waals surface area contributed by atoms with E-state index in [4.69, 9.17) is 24.7 Å². The molecule has 0 spiro atoms. The fourth-order valence-electron chi connectivity index (χ4n) is 3.04. The number of nitrogen functional groups attached to an aromatic ring is 1. The Balaban J connectivity index is 1.95. The van der Waals surface area contributed by atoms with Crippen LogP contribution in [0.1, 0.15) is 11.1 Å². The second-order valence-corrected chi connectivity index (χ2v) is 7.49. The van der Waals surface area contributed by atoms with Crippen LogP contribution < -0.4 is 29.4 Å². The Morgan fingerprint density at radius 1 is 0.844 bits per heavy atom. The van der Waals surface area contributed by atoms with Gasteiger partial charge in [-0.05, 0) is 60.0 Å². The van der Waals surface area contributed by atoms with E-state index in [9.17, 15) is 0 Å². The number of ether oxygens (including phenoxy) is 4. The van der Waals surface area contributed by atoms with E-state index in [0.29, 0.717) is 34.2 Å². The fraction of sp³-hybridized carbons (Fsp3) is 0.167. The van der Waals surface area contributed by atoms with Crippen molar-refractivity contribution >= 4 is 35.5 Å². The first kappa shape index (κ1) is 23.1. The molecule has 0 saturated heterocycles. The normalized spacial score (nSPS) is 10.8. The highest BCUT2D eigenvalue weighted by atomic mass is 32.2. The lowest BCUT2D eigenvalue weighted by molar-refractivity contribution is 0.324. The Kier molecular flexibility index (Phi) is 7.72. The number of methoxy groups -OCH3 is 4. The highest BCUT2D eigenvalue weighted by molar-refractivity contribution is 8.00. The molecule has 0 fully saturated rings. The number of halogens is 1. The number of hydrogen-bond donors (Lipinski definition) is 2. The van der Waals surface area contributed by atoms with Crippen LogP contribution in [0.3, 0.4) is 0 Å². The van der Waals surface area contributed by atoms with E-state index in [-0.39, 0.29) is 5.75 Å². The zero-order valence-electron chi connectivity index (χ0n) is 18.3. The van der Waals surface area contributed by atoms with E-state index in [2.05, 4.69) is 4.72 Å². The van der Waals surface area contributed by atoms with Crippen LogP contribution in [0.25, 0.3) is 12.2 Å². The van der Waals surface area contributed by atoms with Crippen molar-refractivity contribution in [3.05, 3.63) is 65.5 Å². The fourth-order valence-corrected chi connectivity index (χ4v) is 3.81. The maximum absolute atomic E-state index is 15.1. The van der Waals surface area contributed by atoms with Crippen LogP contribution in [0.4, 0.5) is 15.8 Å². The summed E-state index contributed by atoms with van der Waals surface area (Å²) in [5, 5.41) is 0. The van der Waals surface area contributed by atoms with Gasteiger partial charge in [-0.2, -0.15) is 0 Å². The summed E-state index contributed by atoms with van der Waals surface area (Å²) in [6, 6.07) is 14.3. The van der Waals surface area contributed by atoms with Gasteiger partial charge in [0.25, 0.3) is 0 Å². The van der Waals surface area contributed by atoms with Crippen molar-refractivity contribution in [2.45, 2.75) is 4.90 Å². The predicted molar refractivity (Wildman–Crippen MR) is 128 cm³/mol. The van der Waals surface area contributed by atoms with Crippen molar-refractivity contribution in [1.82, 2.24) is 0 Å². The van der Waals surface area contributed by atoms with Crippen LogP contribution in [-0.4, -0.2) is 28.4 Å². The Morgan fingerprint density at radius 2 is 1.53 bits per heavy atom. The summed E-state index contributed by atoms with van der Waals surface area (Å²) in [6.45, 7) is 0. The van der Waals surface area contributed by atoms with Crippen molar-refractivity contribution in [3.8, 4) is 23.0 Å². The molecule has 0 amide bonds. The summed E-state index contributed by atoms with van der Waals surface area (Å²) in [4.78, 5) is 0.853. The smallest absolute Gasteiger partial charge is 0.203 e. The molecular weight excluding hydrogens is 431 g/mol. The second-order valence-electron chi connectivity index (χ2n) is 6.61. The first-order valence-electron chi connectivity index (χ1n) is 9.63. The molecule has 3 aromatic carbocycles. The molecule has 0 unspecified atom stereocenters. The van der Waals surface area contributed by atoms with Crippen LogP contribution in [0, 0.1) is 5.82 Å². The summed E-state index contributed by atoms with van der Waals surface area (Å²) < 4.78 is 39.5. The molecule has 168 valence electrons. The molecule has 0 saturated carbocycles. The Bertz CT molecular complexity index is 1100. The molecule has 0 atom stereocenters. The minimum absolute atomic E-state index is 0.144. The first-order chi connectivity index (χ1) is 15.5. The standard InChI is InChI=1S/C24H25FN2O4S/c1-28-19-11-10-16(23(22(19)25)27-32-18-7-5-6-17(26)14-18)9-8-15-12-20(29-2)24(31-4)21(13-15)30-3/h5-14,27H,26H2,1-4H3/b9-8-. The lowest BCUT2D eigenvalue weighted by Crippen LogP contribution is -1.98. The summed E-state index contributed by atoms with van der Waals surface area (Å²) >= 11 is 1.26. The highest BCUT2D eigenvalue weighted by Crippen LogP contribution is 2.39. The second kappa shape index (κ2) is 10.7. The van der Waals surface area contributed by atoms with Gasteiger partial charge in [-0.15, -0.1) is 0 Å². The number of anilines is 2. The van der Waals surface area contributed by atoms with Crippen molar-refractivity contribution in [1.29, 1.82) is 0 Å². The molecule has 3 rings (SSSR count). The summed E-state index contributed by atoms with van der Waals surface area (Å²) in [6.07, 6.45) is 3.63. The van der Waals surface area contributed by atoms with E-state index in [1.54, 1.807) is 51.7 Å². The third-order valence-corrected chi connectivity index (χ3v) is 5.43. The number of benzene rings is 3. The molecule has 0 heterocycles. The zero-order chi connectivity index (χ0) is 23.1. The van der Waals surface area contributed by atoms with Gasteiger partial charge in [-0.1, -0.05) is 18.2 Å².